The molecule has 0 aromatic carbocycles. The van der Waals surface area contributed by atoms with Gasteiger partial charge in [-0.25, -0.2) is 0 Å². The number of piperidine rings is 1. The van der Waals surface area contributed by atoms with E-state index in [9.17, 15) is 4.79 Å². The van der Waals surface area contributed by atoms with Gasteiger partial charge in [0.05, 0.1) is 13.0 Å². The maximum atomic E-state index is 12.6. The highest BCUT2D eigenvalue weighted by Gasteiger charge is 2.32. The maximum Gasteiger partial charge on any atom is 0.320 e. The van der Waals surface area contributed by atoms with Gasteiger partial charge in [-0.3, -0.25) is 9.69 Å². The molecule has 1 aromatic rings. The van der Waals surface area contributed by atoms with Gasteiger partial charge in [0.15, 0.2) is 0 Å². The molecule has 2 aliphatic heterocycles. The van der Waals surface area contributed by atoms with Crippen molar-refractivity contribution < 1.29 is 9.53 Å². The minimum atomic E-state index is 0.0667. The predicted octanol–water partition coefficient (Wildman–Crippen LogP) is 3.81. The second kappa shape index (κ2) is 10.9. The Morgan fingerprint density at radius 2 is 2.03 bits per heavy atom. The lowest BCUT2D eigenvalue weighted by Crippen LogP contribution is -2.41. The predicted molar refractivity (Wildman–Crippen MR) is 121 cm³/mol. The molecule has 0 spiro atoms. The Morgan fingerprint density at radius 1 is 1.20 bits per heavy atom. The van der Waals surface area contributed by atoms with Crippen molar-refractivity contribution in [2.24, 2.45) is 5.92 Å². The highest BCUT2D eigenvalue weighted by molar-refractivity contribution is 6.01. The van der Waals surface area contributed by atoms with E-state index in [0.717, 1.165) is 37.2 Å². The summed E-state index contributed by atoms with van der Waals surface area (Å²) in [5.74, 6) is 1.83. The lowest BCUT2D eigenvalue weighted by atomic mass is 9.97. The van der Waals surface area contributed by atoms with E-state index in [1.54, 1.807) is 4.90 Å². The Morgan fingerprint density at radius 3 is 2.80 bits per heavy atom. The molecule has 3 rings (SSSR count). The van der Waals surface area contributed by atoms with Crippen molar-refractivity contribution in [1.82, 2.24) is 14.9 Å². The van der Waals surface area contributed by atoms with E-state index in [4.69, 9.17) is 10.5 Å². The van der Waals surface area contributed by atoms with Gasteiger partial charge in [0.1, 0.15) is 11.6 Å². The zero-order chi connectivity index (χ0) is 21.5. The number of anilines is 2. The SMILES string of the molecule is CCCCOc1nc(N)c2c(n1)N(CCCC1CCCCN1CCC(C)C)C(=O)C2. The monoisotopic (exact) mass is 417 g/mol. The Hall–Kier alpha value is -1.89. The lowest BCUT2D eigenvalue weighted by molar-refractivity contribution is -0.117. The van der Waals surface area contributed by atoms with E-state index >= 15 is 0 Å². The van der Waals surface area contributed by atoms with Crippen LogP contribution in [0.25, 0.3) is 0 Å². The summed E-state index contributed by atoms with van der Waals surface area (Å²) in [6.07, 6.45) is 9.53. The van der Waals surface area contributed by atoms with Gasteiger partial charge in [0, 0.05) is 18.2 Å². The number of carbonyl (C=O) groups is 1. The van der Waals surface area contributed by atoms with Crippen LogP contribution in [0.15, 0.2) is 0 Å². The molecule has 2 N–H and O–H groups in total. The number of hydrogen-bond acceptors (Lipinski definition) is 6. The summed E-state index contributed by atoms with van der Waals surface area (Å²) >= 11 is 0. The molecule has 7 nitrogen and oxygen atoms in total. The average molecular weight is 418 g/mol. The normalized spacial score (nSPS) is 19.5. The number of hydrogen-bond donors (Lipinski definition) is 1. The van der Waals surface area contributed by atoms with Gasteiger partial charge in [-0.05, 0) is 57.5 Å². The van der Waals surface area contributed by atoms with Gasteiger partial charge in [-0.1, -0.05) is 33.6 Å². The van der Waals surface area contributed by atoms with Crippen LogP contribution >= 0.6 is 0 Å². The molecule has 3 heterocycles. The van der Waals surface area contributed by atoms with Crippen molar-refractivity contribution >= 4 is 17.5 Å². The molecular formula is C23H39N5O2. The van der Waals surface area contributed by atoms with Crippen LogP contribution in [-0.4, -0.2) is 53.1 Å². The first kappa shape index (κ1) is 22.8. The summed E-state index contributed by atoms with van der Waals surface area (Å²) in [5.41, 5.74) is 6.86. The standard InChI is InChI=1S/C23H39N5O2/c1-4-5-15-30-23-25-21(24)19-16-20(29)28(22(19)26-23)13-8-10-18-9-6-7-12-27(18)14-11-17(2)3/h17-18H,4-16H2,1-3H3,(H2,24,25,26). The Balaban J connectivity index is 1.58. The largest absolute Gasteiger partial charge is 0.463 e. The van der Waals surface area contributed by atoms with Crippen LogP contribution in [0.2, 0.25) is 0 Å². The van der Waals surface area contributed by atoms with E-state index in [-0.39, 0.29) is 11.9 Å². The zero-order valence-corrected chi connectivity index (χ0v) is 19.0. The summed E-state index contributed by atoms with van der Waals surface area (Å²) < 4.78 is 5.65. The van der Waals surface area contributed by atoms with Gasteiger partial charge < -0.3 is 15.4 Å². The number of carbonyl (C=O) groups excluding carboxylic acids is 1. The number of rotatable bonds is 11. The van der Waals surface area contributed by atoms with Crippen molar-refractivity contribution in [1.29, 1.82) is 0 Å². The number of nitrogens with zero attached hydrogens (tertiary/aromatic N) is 4. The molecule has 0 radical (unpaired) electrons. The average Bonchev–Trinajstić information content (AvgIpc) is 3.03. The first-order chi connectivity index (χ1) is 14.5. The number of nitrogen functional groups attached to an aromatic ring is 1. The van der Waals surface area contributed by atoms with Gasteiger partial charge in [0.2, 0.25) is 5.91 Å². The molecule has 0 saturated carbocycles. The molecule has 7 heteroatoms. The van der Waals surface area contributed by atoms with E-state index in [2.05, 4.69) is 35.6 Å². The number of ether oxygens (including phenoxy) is 1. The fourth-order valence-electron chi connectivity index (χ4n) is 4.42. The quantitative estimate of drug-likeness (QED) is 0.551. The number of amides is 1. The van der Waals surface area contributed by atoms with Crippen LogP contribution < -0.4 is 15.4 Å². The van der Waals surface area contributed by atoms with Crippen molar-refractivity contribution in [2.45, 2.75) is 84.6 Å². The molecule has 0 bridgehead atoms. The topological polar surface area (TPSA) is 84.6 Å². The van der Waals surface area contributed by atoms with Crippen molar-refractivity contribution in [3.05, 3.63) is 5.56 Å². The third-order valence-electron chi connectivity index (χ3n) is 6.27. The summed E-state index contributed by atoms with van der Waals surface area (Å²) in [5, 5.41) is 0. The fourth-order valence-corrected chi connectivity index (χ4v) is 4.42. The van der Waals surface area contributed by atoms with E-state index in [1.165, 1.54) is 38.8 Å². The molecule has 168 valence electrons. The van der Waals surface area contributed by atoms with E-state index in [1.807, 2.05) is 0 Å². The molecule has 1 atom stereocenters. The summed E-state index contributed by atoms with van der Waals surface area (Å²) in [6.45, 7) is 10.4. The summed E-state index contributed by atoms with van der Waals surface area (Å²) in [7, 11) is 0. The summed E-state index contributed by atoms with van der Waals surface area (Å²) in [4.78, 5) is 25.9. The van der Waals surface area contributed by atoms with Crippen LogP contribution in [0.5, 0.6) is 6.01 Å². The van der Waals surface area contributed by atoms with Crippen molar-refractivity contribution in [3.8, 4) is 6.01 Å². The Labute approximate surface area is 181 Å². The minimum absolute atomic E-state index is 0.0667. The van der Waals surface area contributed by atoms with Gasteiger partial charge in [-0.15, -0.1) is 0 Å². The molecule has 1 unspecified atom stereocenters. The molecule has 30 heavy (non-hydrogen) atoms. The molecule has 1 aromatic heterocycles. The molecule has 1 amide bonds. The Kier molecular flexibility index (Phi) is 8.31. The highest BCUT2D eigenvalue weighted by Crippen LogP contribution is 2.32. The zero-order valence-electron chi connectivity index (χ0n) is 19.0. The molecule has 1 fully saturated rings. The second-order valence-electron chi connectivity index (χ2n) is 9.13. The van der Waals surface area contributed by atoms with Gasteiger partial charge in [0.25, 0.3) is 0 Å². The van der Waals surface area contributed by atoms with Crippen LogP contribution in [0.1, 0.15) is 77.7 Å². The third kappa shape index (κ3) is 5.84. The second-order valence-corrected chi connectivity index (χ2v) is 9.13. The van der Waals surface area contributed by atoms with Crippen LogP contribution in [-0.2, 0) is 11.2 Å². The third-order valence-corrected chi connectivity index (χ3v) is 6.27. The van der Waals surface area contributed by atoms with E-state index in [0.29, 0.717) is 37.3 Å². The van der Waals surface area contributed by atoms with Crippen LogP contribution in [0.4, 0.5) is 11.6 Å². The fraction of sp³-hybridized carbons (Fsp3) is 0.783. The number of unbranched alkanes of at least 4 members (excludes halogenated alkanes) is 1. The molecule has 1 saturated heterocycles. The lowest BCUT2D eigenvalue weighted by Gasteiger charge is -2.36. The number of aromatic nitrogens is 2. The smallest absolute Gasteiger partial charge is 0.320 e. The Bertz CT molecular complexity index is 709. The van der Waals surface area contributed by atoms with Crippen molar-refractivity contribution in [3.63, 3.8) is 0 Å². The number of nitrogens with two attached hydrogens (primary N) is 1. The van der Waals surface area contributed by atoms with Gasteiger partial charge >= 0.3 is 6.01 Å². The minimum Gasteiger partial charge on any atom is -0.463 e. The van der Waals surface area contributed by atoms with Crippen molar-refractivity contribution in [2.75, 3.05) is 36.9 Å². The van der Waals surface area contributed by atoms with Gasteiger partial charge in [-0.2, -0.15) is 9.97 Å². The highest BCUT2D eigenvalue weighted by atomic mass is 16.5. The first-order valence-corrected chi connectivity index (χ1v) is 11.8. The van der Waals surface area contributed by atoms with Crippen LogP contribution in [0, 0.1) is 5.92 Å². The maximum absolute atomic E-state index is 12.6. The molecular weight excluding hydrogens is 378 g/mol. The summed E-state index contributed by atoms with van der Waals surface area (Å²) in [6, 6.07) is 0.921. The number of likely N-dealkylation sites (tertiary alicyclic amines) is 1. The molecule has 2 aliphatic rings. The first-order valence-electron chi connectivity index (χ1n) is 11.8. The van der Waals surface area contributed by atoms with E-state index < -0.39 is 0 Å². The molecule has 0 aliphatic carbocycles. The number of fused-ring (bicyclic) bond motifs is 1. The van der Waals surface area contributed by atoms with Crippen LogP contribution in [0.3, 0.4) is 0 Å².